The highest BCUT2D eigenvalue weighted by atomic mass is 79.9. The molecule has 110 valence electrons. The first kappa shape index (κ1) is 18.5. The fourth-order valence-electron chi connectivity index (χ4n) is 1.80. The van der Waals surface area contributed by atoms with E-state index in [1.807, 2.05) is 0 Å². The molecule has 0 amide bonds. The van der Waals surface area contributed by atoms with Crippen molar-refractivity contribution in [3.63, 3.8) is 0 Å². The number of aliphatic hydroxyl groups excluding tert-OH is 1. The Kier molecular flexibility index (Phi) is 8.41. The second-order valence-electron chi connectivity index (χ2n) is 4.28. The lowest BCUT2D eigenvalue weighted by Gasteiger charge is -2.21. The molecular weight excluding hydrogens is 334 g/mol. The van der Waals surface area contributed by atoms with Gasteiger partial charge in [-0.05, 0) is 18.6 Å². The third-order valence-electron chi connectivity index (χ3n) is 2.92. The van der Waals surface area contributed by atoms with Crippen LogP contribution < -0.4 is 10.5 Å². The molecule has 0 aliphatic rings. The van der Waals surface area contributed by atoms with Gasteiger partial charge in [0.2, 0.25) is 0 Å². The van der Waals surface area contributed by atoms with Crippen molar-refractivity contribution in [2.45, 2.75) is 38.3 Å². The summed E-state index contributed by atoms with van der Waals surface area (Å²) in [6.45, 7) is 2.05. The number of aliphatic hydroxyl groups is 1. The molecule has 0 fully saturated rings. The normalized spacial score (nSPS) is 13.5. The smallest absolute Gasteiger partial charge is 0.162 e. The lowest BCUT2D eigenvalue weighted by molar-refractivity contribution is 0.131. The molecule has 0 aliphatic heterocycles. The van der Waals surface area contributed by atoms with Crippen molar-refractivity contribution >= 4 is 28.3 Å². The van der Waals surface area contributed by atoms with Gasteiger partial charge in [-0.1, -0.05) is 35.7 Å². The zero-order valence-corrected chi connectivity index (χ0v) is 13.5. The van der Waals surface area contributed by atoms with Crippen LogP contribution in [0.25, 0.3) is 0 Å². The predicted molar refractivity (Wildman–Crippen MR) is 82.1 cm³/mol. The summed E-state index contributed by atoms with van der Waals surface area (Å²) in [5.74, 6) is 0.335. The van der Waals surface area contributed by atoms with Gasteiger partial charge in [0.05, 0.1) is 19.3 Å². The Bertz CT molecular complexity index is 404. The monoisotopic (exact) mass is 353 g/mol. The highest BCUT2D eigenvalue weighted by Gasteiger charge is 2.22. The van der Waals surface area contributed by atoms with Gasteiger partial charge in [0.15, 0.2) is 11.5 Å². The molecule has 1 aromatic carbocycles. The summed E-state index contributed by atoms with van der Waals surface area (Å²) in [6, 6.07) is 2.74. The van der Waals surface area contributed by atoms with Crippen LogP contribution in [-0.2, 0) is 0 Å². The third kappa shape index (κ3) is 4.84. The maximum atomic E-state index is 10.0. The number of phenols is 1. The van der Waals surface area contributed by atoms with Crippen LogP contribution in [0.5, 0.6) is 11.5 Å². The summed E-state index contributed by atoms with van der Waals surface area (Å²) in [7, 11) is 1.48. The van der Waals surface area contributed by atoms with Gasteiger partial charge in [-0.15, -0.1) is 12.4 Å². The van der Waals surface area contributed by atoms with Crippen molar-refractivity contribution < 1.29 is 14.9 Å². The Morgan fingerprint density at radius 3 is 2.58 bits per heavy atom. The van der Waals surface area contributed by atoms with Gasteiger partial charge in [-0.2, -0.15) is 0 Å². The predicted octanol–water partition coefficient (Wildman–Crippen LogP) is 3.14. The minimum Gasteiger partial charge on any atom is -0.504 e. The van der Waals surface area contributed by atoms with Crippen molar-refractivity contribution in [3.05, 3.63) is 22.2 Å². The van der Waals surface area contributed by atoms with E-state index in [9.17, 15) is 10.2 Å². The number of rotatable bonds is 6. The highest BCUT2D eigenvalue weighted by Crippen LogP contribution is 2.37. The number of nitrogens with two attached hydrogens (primary N) is 1. The molecule has 0 saturated heterocycles. The van der Waals surface area contributed by atoms with E-state index in [1.54, 1.807) is 12.1 Å². The molecule has 0 aliphatic carbocycles. The van der Waals surface area contributed by atoms with Crippen molar-refractivity contribution in [1.82, 2.24) is 0 Å². The first-order valence-corrected chi connectivity index (χ1v) is 6.80. The number of methoxy groups -OCH3 is 1. The van der Waals surface area contributed by atoms with Crippen LogP contribution >= 0.6 is 28.3 Å². The largest absolute Gasteiger partial charge is 0.504 e. The molecule has 0 heterocycles. The Morgan fingerprint density at radius 2 is 2.05 bits per heavy atom. The van der Waals surface area contributed by atoms with Crippen molar-refractivity contribution in [2.24, 2.45) is 5.73 Å². The molecule has 4 nitrogen and oxygen atoms in total. The fourth-order valence-corrected chi connectivity index (χ4v) is 2.26. The quantitative estimate of drug-likeness (QED) is 0.733. The molecule has 0 radical (unpaired) electrons. The van der Waals surface area contributed by atoms with E-state index < -0.39 is 12.1 Å². The Hall–Kier alpha value is -0.490. The number of aromatic hydroxyl groups is 1. The number of unbranched alkanes of at least 4 members (excludes halogenated alkanes) is 1. The molecule has 0 aromatic heterocycles. The van der Waals surface area contributed by atoms with Gasteiger partial charge in [0.1, 0.15) is 0 Å². The summed E-state index contributed by atoms with van der Waals surface area (Å²) in [5, 5.41) is 20.0. The lowest BCUT2D eigenvalue weighted by Crippen LogP contribution is -2.26. The standard InChI is InChI=1S/C13H20BrNO3.ClH/c1-3-4-5-10(16)12(15)9-6-8(14)7-11(18-2)13(9)17;/h6-7,10,12,16-17H,3-5,15H2,1-2H3;1H/t10-,12+;/m1./s1. The van der Waals surface area contributed by atoms with Crippen molar-refractivity contribution in [1.29, 1.82) is 0 Å². The summed E-state index contributed by atoms with van der Waals surface area (Å²) >= 11 is 3.33. The van der Waals surface area contributed by atoms with E-state index in [0.717, 1.165) is 17.3 Å². The molecule has 0 spiro atoms. The first-order valence-electron chi connectivity index (χ1n) is 6.01. The molecule has 4 N–H and O–H groups in total. The van der Waals surface area contributed by atoms with Crippen LogP contribution in [0.4, 0.5) is 0 Å². The van der Waals surface area contributed by atoms with Crippen LogP contribution in [0.1, 0.15) is 37.8 Å². The molecule has 0 unspecified atom stereocenters. The average Bonchev–Trinajstić information content (AvgIpc) is 2.37. The summed E-state index contributed by atoms with van der Waals surface area (Å²) in [6.07, 6.45) is 1.85. The summed E-state index contributed by atoms with van der Waals surface area (Å²) < 4.78 is 5.82. The molecule has 0 bridgehead atoms. The molecular formula is C13H21BrClNO3. The SMILES string of the molecule is CCCC[C@@H](O)[C@@H](N)c1cc(Br)cc(OC)c1O.Cl. The number of hydrogen-bond acceptors (Lipinski definition) is 4. The minimum atomic E-state index is -0.671. The van der Waals surface area contributed by atoms with Gasteiger partial charge < -0.3 is 20.7 Å². The molecule has 0 saturated carbocycles. The van der Waals surface area contributed by atoms with Crippen LogP contribution in [0.15, 0.2) is 16.6 Å². The number of halogens is 2. The van der Waals surface area contributed by atoms with E-state index in [-0.39, 0.29) is 18.2 Å². The number of hydrogen-bond donors (Lipinski definition) is 3. The maximum absolute atomic E-state index is 10.0. The molecule has 6 heteroatoms. The number of benzene rings is 1. The minimum absolute atomic E-state index is 0. The Morgan fingerprint density at radius 1 is 1.42 bits per heavy atom. The van der Waals surface area contributed by atoms with Crippen LogP contribution in [0.3, 0.4) is 0 Å². The van der Waals surface area contributed by atoms with E-state index >= 15 is 0 Å². The fraction of sp³-hybridized carbons (Fsp3) is 0.538. The molecule has 1 rings (SSSR count). The summed E-state index contributed by atoms with van der Waals surface area (Å²) in [5.41, 5.74) is 6.48. The molecule has 1 aromatic rings. The number of ether oxygens (including phenoxy) is 1. The van der Waals surface area contributed by atoms with Gasteiger partial charge in [-0.25, -0.2) is 0 Å². The van der Waals surface area contributed by atoms with E-state index in [4.69, 9.17) is 10.5 Å². The third-order valence-corrected chi connectivity index (χ3v) is 3.37. The number of phenolic OH excluding ortho intramolecular Hbond substituents is 1. The molecule has 19 heavy (non-hydrogen) atoms. The van der Waals surface area contributed by atoms with Crippen molar-refractivity contribution in [2.75, 3.05) is 7.11 Å². The van der Waals surface area contributed by atoms with Crippen LogP contribution in [0, 0.1) is 0 Å². The Balaban J connectivity index is 0.00000324. The second kappa shape index (κ2) is 8.64. The van der Waals surface area contributed by atoms with Gasteiger partial charge in [0.25, 0.3) is 0 Å². The topological polar surface area (TPSA) is 75.7 Å². The zero-order chi connectivity index (χ0) is 13.7. The van der Waals surface area contributed by atoms with Gasteiger partial charge in [-0.3, -0.25) is 0 Å². The van der Waals surface area contributed by atoms with E-state index in [1.165, 1.54) is 7.11 Å². The van der Waals surface area contributed by atoms with E-state index in [0.29, 0.717) is 17.7 Å². The summed E-state index contributed by atoms with van der Waals surface area (Å²) in [4.78, 5) is 0. The first-order chi connectivity index (χ1) is 8.51. The zero-order valence-electron chi connectivity index (χ0n) is 11.1. The average molecular weight is 355 g/mol. The van der Waals surface area contributed by atoms with E-state index in [2.05, 4.69) is 22.9 Å². The van der Waals surface area contributed by atoms with Crippen LogP contribution in [0.2, 0.25) is 0 Å². The van der Waals surface area contributed by atoms with Crippen LogP contribution in [-0.4, -0.2) is 23.4 Å². The van der Waals surface area contributed by atoms with Gasteiger partial charge >= 0.3 is 0 Å². The lowest BCUT2D eigenvalue weighted by atomic mass is 9.97. The van der Waals surface area contributed by atoms with Gasteiger partial charge in [0, 0.05) is 10.0 Å². The molecule has 2 atom stereocenters. The second-order valence-corrected chi connectivity index (χ2v) is 5.20. The highest BCUT2D eigenvalue weighted by molar-refractivity contribution is 9.10. The maximum Gasteiger partial charge on any atom is 0.162 e. The van der Waals surface area contributed by atoms with Crippen molar-refractivity contribution in [3.8, 4) is 11.5 Å². The Labute approximate surface area is 128 Å².